The predicted octanol–water partition coefficient (Wildman–Crippen LogP) is 2.20. The predicted molar refractivity (Wildman–Crippen MR) is 65.4 cm³/mol. The van der Waals surface area contributed by atoms with Crippen molar-refractivity contribution in [2.75, 3.05) is 6.54 Å². The molecular formula is C13H21NO2. The van der Waals surface area contributed by atoms with Gasteiger partial charge in [0.1, 0.15) is 5.75 Å². The lowest BCUT2D eigenvalue weighted by Crippen LogP contribution is -2.30. The maximum absolute atomic E-state index is 9.89. The second-order valence-electron chi connectivity index (χ2n) is 4.21. The number of aliphatic hydroxyl groups is 1. The van der Waals surface area contributed by atoms with E-state index in [0.29, 0.717) is 12.6 Å². The van der Waals surface area contributed by atoms with Crippen molar-refractivity contribution in [3.05, 3.63) is 29.8 Å². The summed E-state index contributed by atoms with van der Waals surface area (Å²) in [5, 5.41) is 22.5. The molecular weight excluding hydrogens is 202 g/mol. The summed E-state index contributed by atoms with van der Waals surface area (Å²) in [7, 11) is 0. The topological polar surface area (TPSA) is 52.5 Å². The molecule has 0 saturated heterocycles. The van der Waals surface area contributed by atoms with Crippen LogP contribution in [-0.2, 0) is 0 Å². The number of rotatable bonds is 6. The SMILES string of the molecule is CCC[C@H](C)NC[C@H](O)c1cccc(O)c1. The molecule has 3 heteroatoms. The van der Waals surface area contributed by atoms with Gasteiger partial charge in [-0.1, -0.05) is 25.5 Å². The van der Waals surface area contributed by atoms with Gasteiger partial charge in [-0.3, -0.25) is 0 Å². The Bertz CT molecular complexity index is 315. The van der Waals surface area contributed by atoms with Gasteiger partial charge in [-0.25, -0.2) is 0 Å². The molecule has 0 aliphatic heterocycles. The van der Waals surface area contributed by atoms with E-state index in [4.69, 9.17) is 0 Å². The van der Waals surface area contributed by atoms with Crippen LogP contribution in [0.2, 0.25) is 0 Å². The highest BCUT2D eigenvalue weighted by atomic mass is 16.3. The molecule has 0 bridgehead atoms. The first kappa shape index (κ1) is 13.0. The molecule has 0 heterocycles. The second-order valence-corrected chi connectivity index (χ2v) is 4.21. The normalized spacial score (nSPS) is 14.7. The van der Waals surface area contributed by atoms with Crippen molar-refractivity contribution in [1.29, 1.82) is 0 Å². The summed E-state index contributed by atoms with van der Waals surface area (Å²) < 4.78 is 0. The maximum atomic E-state index is 9.89. The van der Waals surface area contributed by atoms with Crippen LogP contribution in [0.3, 0.4) is 0 Å². The van der Waals surface area contributed by atoms with Crippen LogP contribution < -0.4 is 5.32 Å². The molecule has 0 amide bonds. The molecule has 3 nitrogen and oxygen atoms in total. The minimum absolute atomic E-state index is 0.193. The molecule has 0 aromatic heterocycles. The number of phenolic OH excluding ortho intramolecular Hbond substituents is 1. The van der Waals surface area contributed by atoms with Crippen molar-refractivity contribution < 1.29 is 10.2 Å². The Morgan fingerprint density at radius 2 is 2.12 bits per heavy atom. The van der Waals surface area contributed by atoms with Gasteiger partial charge in [-0.05, 0) is 31.0 Å². The summed E-state index contributed by atoms with van der Waals surface area (Å²) in [5.74, 6) is 0.193. The van der Waals surface area contributed by atoms with Gasteiger partial charge in [0.25, 0.3) is 0 Å². The zero-order chi connectivity index (χ0) is 12.0. The molecule has 16 heavy (non-hydrogen) atoms. The highest BCUT2D eigenvalue weighted by Crippen LogP contribution is 2.17. The molecule has 0 unspecified atom stereocenters. The van der Waals surface area contributed by atoms with E-state index in [1.54, 1.807) is 18.2 Å². The fraction of sp³-hybridized carbons (Fsp3) is 0.538. The Kier molecular flexibility index (Phi) is 5.29. The van der Waals surface area contributed by atoms with Crippen LogP contribution in [0.4, 0.5) is 0 Å². The van der Waals surface area contributed by atoms with E-state index in [1.807, 2.05) is 6.07 Å². The van der Waals surface area contributed by atoms with Crippen LogP contribution in [0.15, 0.2) is 24.3 Å². The molecule has 0 fully saturated rings. The summed E-state index contributed by atoms with van der Waals surface area (Å²) in [6.45, 7) is 4.77. The Labute approximate surface area is 97.1 Å². The Morgan fingerprint density at radius 3 is 2.75 bits per heavy atom. The quantitative estimate of drug-likeness (QED) is 0.693. The van der Waals surface area contributed by atoms with Crippen LogP contribution in [0, 0.1) is 0 Å². The van der Waals surface area contributed by atoms with Crippen molar-refractivity contribution in [3.8, 4) is 5.75 Å². The summed E-state index contributed by atoms with van der Waals surface area (Å²) in [4.78, 5) is 0. The number of hydrogen-bond acceptors (Lipinski definition) is 3. The molecule has 3 N–H and O–H groups in total. The number of phenols is 1. The van der Waals surface area contributed by atoms with Gasteiger partial charge in [0.15, 0.2) is 0 Å². The molecule has 90 valence electrons. The van der Waals surface area contributed by atoms with E-state index in [0.717, 1.165) is 18.4 Å². The van der Waals surface area contributed by atoms with E-state index in [1.165, 1.54) is 0 Å². The van der Waals surface area contributed by atoms with E-state index in [9.17, 15) is 10.2 Å². The number of aromatic hydroxyl groups is 1. The van der Waals surface area contributed by atoms with Crippen molar-refractivity contribution in [2.24, 2.45) is 0 Å². The first-order chi connectivity index (χ1) is 7.63. The van der Waals surface area contributed by atoms with E-state index in [2.05, 4.69) is 19.2 Å². The first-order valence-corrected chi connectivity index (χ1v) is 5.84. The molecule has 0 aliphatic rings. The number of nitrogens with one attached hydrogen (secondary N) is 1. The molecule has 0 radical (unpaired) electrons. The molecule has 0 saturated carbocycles. The third-order valence-electron chi connectivity index (χ3n) is 2.64. The smallest absolute Gasteiger partial charge is 0.115 e. The third kappa shape index (κ3) is 4.21. The van der Waals surface area contributed by atoms with Gasteiger partial charge >= 0.3 is 0 Å². The average molecular weight is 223 g/mol. The van der Waals surface area contributed by atoms with Crippen molar-refractivity contribution in [3.63, 3.8) is 0 Å². The van der Waals surface area contributed by atoms with E-state index in [-0.39, 0.29) is 5.75 Å². The number of aliphatic hydroxyl groups excluding tert-OH is 1. The number of benzene rings is 1. The standard InChI is InChI=1S/C13H21NO2/c1-3-5-10(2)14-9-13(16)11-6-4-7-12(15)8-11/h4,6-8,10,13-16H,3,5,9H2,1-2H3/t10-,13-/m0/s1. The highest BCUT2D eigenvalue weighted by Gasteiger charge is 2.09. The van der Waals surface area contributed by atoms with Crippen molar-refractivity contribution in [1.82, 2.24) is 5.32 Å². The molecule has 1 aromatic carbocycles. The van der Waals surface area contributed by atoms with Gasteiger partial charge < -0.3 is 15.5 Å². The van der Waals surface area contributed by atoms with Gasteiger partial charge in [0, 0.05) is 12.6 Å². The van der Waals surface area contributed by atoms with Crippen LogP contribution in [0.1, 0.15) is 38.4 Å². The summed E-state index contributed by atoms with van der Waals surface area (Å²) in [6, 6.07) is 7.16. The lowest BCUT2D eigenvalue weighted by molar-refractivity contribution is 0.169. The van der Waals surface area contributed by atoms with Crippen molar-refractivity contribution >= 4 is 0 Å². The highest BCUT2D eigenvalue weighted by molar-refractivity contribution is 5.28. The summed E-state index contributed by atoms with van der Waals surface area (Å²) in [6.07, 6.45) is 1.68. The first-order valence-electron chi connectivity index (χ1n) is 5.84. The Hall–Kier alpha value is -1.06. The molecule has 0 aliphatic carbocycles. The second kappa shape index (κ2) is 6.51. The van der Waals surface area contributed by atoms with E-state index >= 15 is 0 Å². The van der Waals surface area contributed by atoms with E-state index < -0.39 is 6.10 Å². The molecule has 0 spiro atoms. The number of hydrogen-bond donors (Lipinski definition) is 3. The monoisotopic (exact) mass is 223 g/mol. The lowest BCUT2D eigenvalue weighted by atomic mass is 10.1. The van der Waals surface area contributed by atoms with Crippen LogP contribution in [0.5, 0.6) is 5.75 Å². The van der Waals surface area contributed by atoms with Gasteiger partial charge in [0.2, 0.25) is 0 Å². The fourth-order valence-electron chi connectivity index (χ4n) is 1.70. The van der Waals surface area contributed by atoms with Crippen LogP contribution in [0.25, 0.3) is 0 Å². The maximum Gasteiger partial charge on any atom is 0.115 e. The van der Waals surface area contributed by atoms with Gasteiger partial charge in [-0.2, -0.15) is 0 Å². The third-order valence-corrected chi connectivity index (χ3v) is 2.64. The Balaban J connectivity index is 2.43. The van der Waals surface area contributed by atoms with Crippen molar-refractivity contribution in [2.45, 2.75) is 38.8 Å². The van der Waals surface area contributed by atoms with Gasteiger partial charge in [-0.15, -0.1) is 0 Å². The summed E-state index contributed by atoms with van der Waals surface area (Å²) >= 11 is 0. The van der Waals surface area contributed by atoms with Crippen LogP contribution in [-0.4, -0.2) is 22.8 Å². The molecule has 1 rings (SSSR count). The fourth-order valence-corrected chi connectivity index (χ4v) is 1.70. The molecule has 1 aromatic rings. The lowest BCUT2D eigenvalue weighted by Gasteiger charge is -2.16. The zero-order valence-corrected chi connectivity index (χ0v) is 9.98. The largest absolute Gasteiger partial charge is 0.508 e. The minimum atomic E-state index is -0.564. The van der Waals surface area contributed by atoms with Gasteiger partial charge in [0.05, 0.1) is 6.10 Å². The Morgan fingerprint density at radius 1 is 1.38 bits per heavy atom. The minimum Gasteiger partial charge on any atom is -0.508 e. The average Bonchev–Trinajstić information content (AvgIpc) is 2.26. The molecule has 2 atom stereocenters. The zero-order valence-electron chi connectivity index (χ0n) is 9.98. The van der Waals surface area contributed by atoms with Crippen LogP contribution >= 0.6 is 0 Å². The summed E-state index contributed by atoms with van der Waals surface area (Å²) in [5.41, 5.74) is 0.746.